The van der Waals surface area contributed by atoms with Gasteiger partial charge in [-0.15, -0.1) is 0 Å². The average Bonchev–Trinajstić information content (AvgIpc) is 2.41. The van der Waals surface area contributed by atoms with Gasteiger partial charge in [-0.1, -0.05) is 31.2 Å². The third kappa shape index (κ3) is 2.67. The van der Waals surface area contributed by atoms with E-state index in [2.05, 4.69) is 34.5 Å². The molecule has 0 saturated carbocycles. The van der Waals surface area contributed by atoms with Gasteiger partial charge in [0.2, 0.25) is 0 Å². The molecule has 0 aliphatic rings. The van der Waals surface area contributed by atoms with Gasteiger partial charge in [0, 0.05) is 12.4 Å². The second-order valence-corrected chi connectivity index (χ2v) is 3.83. The van der Waals surface area contributed by atoms with Crippen molar-refractivity contribution in [2.24, 2.45) is 5.84 Å². The Bertz CT molecular complexity index is 470. The molecule has 0 saturated heterocycles. The van der Waals surface area contributed by atoms with Crippen LogP contribution in [0.1, 0.15) is 29.8 Å². The van der Waals surface area contributed by atoms with Crippen LogP contribution in [0.15, 0.2) is 42.9 Å². The van der Waals surface area contributed by atoms with Crippen LogP contribution in [0.2, 0.25) is 0 Å². The van der Waals surface area contributed by atoms with Crippen LogP contribution < -0.4 is 11.3 Å². The summed E-state index contributed by atoms with van der Waals surface area (Å²) in [5.74, 6) is 5.61. The largest absolute Gasteiger partial charge is 0.271 e. The van der Waals surface area contributed by atoms with Gasteiger partial charge in [0.1, 0.15) is 0 Å². The maximum atomic E-state index is 5.61. The molecule has 1 atom stereocenters. The number of aromatic nitrogens is 2. The summed E-state index contributed by atoms with van der Waals surface area (Å²) >= 11 is 0. The molecule has 88 valence electrons. The summed E-state index contributed by atoms with van der Waals surface area (Å²) in [4.78, 5) is 8.34. The SMILES string of the molecule is CCc1cccc(C(NN)c2cnccn2)c1. The second-order valence-electron chi connectivity index (χ2n) is 3.83. The fraction of sp³-hybridized carbons (Fsp3) is 0.231. The Balaban J connectivity index is 2.35. The van der Waals surface area contributed by atoms with E-state index < -0.39 is 0 Å². The van der Waals surface area contributed by atoms with Crippen molar-refractivity contribution in [3.05, 3.63) is 59.7 Å². The first-order valence-corrected chi connectivity index (χ1v) is 5.66. The van der Waals surface area contributed by atoms with Crippen LogP contribution in [0.25, 0.3) is 0 Å². The third-order valence-electron chi connectivity index (χ3n) is 2.74. The Kier molecular flexibility index (Phi) is 3.80. The molecule has 1 aromatic heterocycles. The first kappa shape index (κ1) is 11.7. The number of nitrogens with two attached hydrogens (primary N) is 1. The number of rotatable bonds is 4. The van der Waals surface area contributed by atoms with Crippen molar-refractivity contribution in [3.8, 4) is 0 Å². The minimum atomic E-state index is -0.116. The van der Waals surface area contributed by atoms with Gasteiger partial charge in [0.15, 0.2) is 0 Å². The van der Waals surface area contributed by atoms with Crippen LogP contribution in [0, 0.1) is 0 Å². The Hall–Kier alpha value is -1.78. The molecular weight excluding hydrogens is 212 g/mol. The van der Waals surface area contributed by atoms with Crippen molar-refractivity contribution in [1.29, 1.82) is 0 Å². The van der Waals surface area contributed by atoms with E-state index in [1.165, 1.54) is 5.56 Å². The first-order valence-electron chi connectivity index (χ1n) is 5.66. The summed E-state index contributed by atoms with van der Waals surface area (Å²) in [5, 5.41) is 0. The number of nitrogens with one attached hydrogen (secondary N) is 1. The van der Waals surface area contributed by atoms with E-state index in [9.17, 15) is 0 Å². The Morgan fingerprint density at radius 1 is 1.35 bits per heavy atom. The second kappa shape index (κ2) is 5.52. The van der Waals surface area contributed by atoms with Crippen LogP contribution in [-0.4, -0.2) is 9.97 Å². The number of nitrogens with zero attached hydrogens (tertiary/aromatic N) is 2. The van der Waals surface area contributed by atoms with Crippen LogP contribution in [0.3, 0.4) is 0 Å². The van der Waals surface area contributed by atoms with Crippen LogP contribution in [-0.2, 0) is 6.42 Å². The summed E-state index contributed by atoms with van der Waals surface area (Å²) in [5.41, 5.74) is 5.99. The number of benzene rings is 1. The van der Waals surface area contributed by atoms with Crippen LogP contribution >= 0.6 is 0 Å². The molecule has 2 aromatic rings. The molecule has 0 radical (unpaired) electrons. The quantitative estimate of drug-likeness (QED) is 0.616. The van der Waals surface area contributed by atoms with Gasteiger partial charge in [0.05, 0.1) is 17.9 Å². The Morgan fingerprint density at radius 3 is 2.88 bits per heavy atom. The number of hydrogen-bond donors (Lipinski definition) is 2. The zero-order valence-corrected chi connectivity index (χ0v) is 9.80. The molecule has 0 spiro atoms. The summed E-state index contributed by atoms with van der Waals surface area (Å²) in [6, 6.07) is 8.20. The van der Waals surface area contributed by atoms with Crippen molar-refractivity contribution in [2.75, 3.05) is 0 Å². The van der Waals surface area contributed by atoms with Gasteiger partial charge in [-0.05, 0) is 17.5 Å². The Labute approximate surface area is 101 Å². The molecule has 17 heavy (non-hydrogen) atoms. The first-order chi connectivity index (χ1) is 8.35. The molecule has 1 unspecified atom stereocenters. The van der Waals surface area contributed by atoms with Crippen molar-refractivity contribution in [2.45, 2.75) is 19.4 Å². The van der Waals surface area contributed by atoms with Crippen LogP contribution in [0.5, 0.6) is 0 Å². The lowest BCUT2D eigenvalue weighted by Crippen LogP contribution is -2.29. The van der Waals surface area contributed by atoms with Gasteiger partial charge in [0.25, 0.3) is 0 Å². The smallest absolute Gasteiger partial charge is 0.0897 e. The van der Waals surface area contributed by atoms with E-state index in [1.807, 2.05) is 12.1 Å². The highest BCUT2D eigenvalue weighted by Crippen LogP contribution is 2.19. The average molecular weight is 228 g/mol. The van der Waals surface area contributed by atoms with Crippen molar-refractivity contribution in [3.63, 3.8) is 0 Å². The van der Waals surface area contributed by atoms with E-state index in [0.717, 1.165) is 17.7 Å². The number of aryl methyl sites for hydroxylation is 1. The third-order valence-corrected chi connectivity index (χ3v) is 2.74. The van der Waals surface area contributed by atoms with Crippen molar-refractivity contribution < 1.29 is 0 Å². The molecule has 0 aliphatic heterocycles. The predicted molar refractivity (Wildman–Crippen MR) is 67.0 cm³/mol. The number of hydrazine groups is 1. The van der Waals surface area contributed by atoms with E-state index in [1.54, 1.807) is 18.6 Å². The minimum Gasteiger partial charge on any atom is -0.271 e. The lowest BCUT2D eigenvalue weighted by molar-refractivity contribution is 0.617. The van der Waals surface area contributed by atoms with Crippen LogP contribution in [0.4, 0.5) is 0 Å². The highest BCUT2D eigenvalue weighted by atomic mass is 15.2. The molecular formula is C13H16N4. The molecule has 0 amide bonds. The fourth-order valence-electron chi connectivity index (χ4n) is 1.80. The van der Waals surface area contributed by atoms with E-state index in [-0.39, 0.29) is 6.04 Å². The maximum Gasteiger partial charge on any atom is 0.0897 e. The monoisotopic (exact) mass is 228 g/mol. The maximum absolute atomic E-state index is 5.61. The van der Waals surface area contributed by atoms with Crippen molar-refractivity contribution >= 4 is 0 Å². The Morgan fingerprint density at radius 2 is 2.24 bits per heavy atom. The normalized spacial score (nSPS) is 12.4. The lowest BCUT2D eigenvalue weighted by atomic mass is 10.0. The van der Waals surface area contributed by atoms with Gasteiger partial charge in [-0.25, -0.2) is 5.43 Å². The van der Waals surface area contributed by atoms with E-state index in [4.69, 9.17) is 5.84 Å². The molecule has 4 nitrogen and oxygen atoms in total. The molecule has 4 heteroatoms. The molecule has 1 aromatic carbocycles. The van der Waals surface area contributed by atoms with E-state index in [0.29, 0.717) is 0 Å². The van der Waals surface area contributed by atoms with Gasteiger partial charge in [-0.3, -0.25) is 15.8 Å². The molecule has 0 bridgehead atoms. The number of hydrogen-bond acceptors (Lipinski definition) is 4. The van der Waals surface area contributed by atoms with E-state index >= 15 is 0 Å². The fourth-order valence-corrected chi connectivity index (χ4v) is 1.80. The topological polar surface area (TPSA) is 63.8 Å². The predicted octanol–water partition coefficient (Wildman–Crippen LogP) is 1.59. The summed E-state index contributed by atoms with van der Waals surface area (Å²) < 4.78 is 0. The molecule has 3 N–H and O–H groups in total. The van der Waals surface area contributed by atoms with Gasteiger partial charge < -0.3 is 0 Å². The lowest BCUT2D eigenvalue weighted by Gasteiger charge is -2.16. The van der Waals surface area contributed by atoms with Gasteiger partial charge in [-0.2, -0.15) is 0 Å². The highest BCUT2D eigenvalue weighted by Gasteiger charge is 2.13. The summed E-state index contributed by atoms with van der Waals surface area (Å²) in [6.07, 6.45) is 6.05. The summed E-state index contributed by atoms with van der Waals surface area (Å²) in [7, 11) is 0. The molecule has 2 rings (SSSR count). The molecule has 0 aliphatic carbocycles. The highest BCUT2D eigenvalue weighted by molar-refractivity contribution is 5.30. The zero-order valence-electron chi connectivity index (χ0n) is 9.80. The van der Waals surface area contributed by atoms with Crippen molar-refractivity contribution in [1.82, 2.24) is 15.4 Å². The minimum absolute atomic E-state index is 0.116. The molecule has 0 fully saturated rings. The summed E-state index contributed by atoms with van der Waals surface area (Å²) in [6.45, 7) is 2.13. The zero-order chi connectivity index (χ0) is 12.1. The van der Waals surface area contributed by atoms with Gasteiger partial charge >= 0.3 is 0 Å². The molecule has 1 heterocycles. The standard InChI is InChI=1S/C13H16N4/c1-2-10-4-3-5-11(8-10)13(17-14)12-9-15-6-7-16-12/h3-9,13,17H,2,14H2,1H3.